The van der Waals surface area contributed by atoms with Crippen LogP contribution in [0.4, 0.5) is 23.0 Å². The van der Waals surface area contributed by atoms with Gasteiger partial charge >= 0.3 is 0 Å². The molecule has 8 heteroatoms. The minimum atomic E-state index is 0.0450. The molecule has 166 valence electrons. The first-order valence-corrected chi connectivity index (χ1v) is 10.9. The first-order chi connectivity index (χ1) is 15.4. The van der Waals surface area contributed by atoms with Crippen LogP contribution < -0.4 is 19.9 Å². The number of methoxy groups -OCH3 is 1. The number of piperazine rings is 1. The van der Waals surface area contributed by atoms with Gasteiger partial charge in [-0.2, -0.15) is 0 Å². The van der Waals surface area contributed by atoms with Crippen molar-refractivity contribution in [1.29, 1.82) is 0 Å². The Morgan fingerprint density at radius 3 is 2.50 bits per heavy atom. The second-order valence-corrected chi connectivity index (χ2v) is 8.31. The van der Waals surface area contributed by atoms with Gasteiger partial charge in [0.1, 0.15) is 23.2 Å². The van der Waals surface area contributed by atoms with Gasteiger partial charge in [0.2, 0.25) is 5.91 Å². The summed E-state index contributed by atoms with van der Waals surface area (Å²) in [6, 6.07) is 17.1. The van der Waals surface area contributed by atoms with Crippen molar-refractivity contribution in [2.24, 2.45) is 0 Å². The van der Waals surface area contributed by atoms with Crippen molar-refractivity contribution in [3.05, 3.63) is 65.4 Å². The molecule has 32 heavy (non-hydrogen) atoms. The minimum Gasteiger partial charge on any atom is -0.495 e. The SMILES string of the molecule is COc1ccc(Nc2cc(N3CCN(c4ccccc4)C(=O)C3)nc(C(C)C)n2)cc1Cl. The Labute approximate surface area is 193 Å². The molecule has 0 aliphatic carbocycles. The first kappa shape index (κ1) is 21.9. The van der Waals surface area contributed by atoms with Crippen LogP contribution in [0.2, 0.25) is 5.02 Å². The van der Waals surface area contributed by atoms with E-state index in [1.807, 2.05) is 66.1 Å². The van der Waals surface area contributed by atoms with E-state index in [1.54, 1.807) is 19.2 Å². The Morgan fingerprint density at radius 1 is 1.06 bits per heavy atom. The van der Waals surface area contributed by atoms with E-state index in [4.69, 9.17) is 21.3 Å². The minimum absolute atomic E-state index is 0.0450. The van der Waals surface area contributed by atoms with Crippen LogP contribution in [-0.2, 0) is 4.79 Å². The van der Waals surface area contributed by atoms with E-state index in [1.165, 1.54) is 0 Å². The highest BCUT2D eigenvalue weighted by atomic mass is 35.5. The fourth-order valence-electron chi connectivity index (χ4n) is 3.58. The van der Waals surface area contributed by atoms with Crippen LogP contribution in [0, 0.1) is 0 Å². The number of aromatic nitrogens is 2. The van der Waals surface area contributed by atoms with Crippen molar-refractivity contribution in [1.82, 2.24) is 9.97 Å². The van der Waals surface area contributed by atoms with Crippen LogP contribution in [0.5, 0.6) is 5.75 Å². The monoisotopic (exact) mass is 451 g/mol. The Bertz CT molecular complexity index is 1110. The molecule has 1 fully saturated rings. The highest BCUT2D eigenvalue weighted by Crippen LogP contribution is 2.30. The number of amides is 1. The number of carbonyl (C=O) groups is 1. The zero-order valence-electron chi connectivity index (χ0n) is 18.4. The molecule has 0 radical (unpaired) electrons. The molecule has 1 aliphatic heterocycles. The van der Waals surface area contributed by atoms with Gasteiger partial charge in [0, 0.05) is 36.4 Å². The molecule has 1 saturated heterocycles. The number of para-hydroxylation sites is 1. The van der Waals surface area contributed by atoms with E-state index >= 15 is 0 Å². The van der Waals surface area contributed by atoms with E-state index in [9.17, 15) is 4.79 Å². The Kier molecular flexibility index (Phi) is 6.46. The van der Waals surface area contributed by atoms with Crippen molar-refractivity contribution >= 4 is 40.5 Å². The number of nitrogens with one attached hydrogen (secondary N) is 1. The second-order valence-electron chi connectivity index (χ2n) is 7.90. The van der Waals surface area contributed by atoms with Gasteiger partial charge < -0.3 is 19.9 Å². The predicted molar refractivity (Wildman–Crippen MR) is 128 cm³/mol. The number of nitrogens with zero attached hydrogens (tertiary/aromatic N) is 4. The van der Waals surface area contributed by atoms with E-state index in [0.717, 1.165) is 17.2 Å². The molecular formula is C24H26ClN5O2. The number of benzene rings is 2. The Hall–Kier alpha value is -3.32. The fourth-order valence-corrected chi connectivity index (χ4v) is 3.84. The van der Waals surface area contributed by atoms with E-state index in [-0.39, 0.29) is 18.4 Å². The largest absolute Gasteiger partial charge is 0.495 e. The van der Waals surface area contributed by atoms with Crippen LogP contribution in [0.1, 0.15) is 25.6 Å². The molecule has 0 unspecified atom stereocenters. The molecule has 1 aromatic heterocycles. The average molecular weight is 452 g/mol. The molecule has 0 bridgehead atoms. The number of hydrogen-bond acceptors (Lipinski definition) is 6. The van der Waals surface area contributed by atoms with E-state index in [0.29, 0.717) is 35.5 Å². The van der Waals surface area contributed by atoms with Gasteiger partial charge in [-0.25, -0.2) is 9.97 Å². The Morgan fingerprint density at radius 2 is 1.84 bits per heavy atom. The van der Waals surface area contributed by atoms with Gasteiger partial charge in [-0.1, -0.05) is 43.6 Å². The zero-order valence-corrected chi connectivity index (χ0v) is 19.1. The number of ether oxygens (including phenoxy) is 1. The van der Waals surface area contributed by atoms with Crippen molar-refractivity contribution in [2.45, 2.75) is 19.8 Å². The molecule has 0 atom stereocenters. The van der Waals surface area contributed by atoms with E-state index < -0.39 is 0 Å². The number of halogens is 1. The zero-order chi connectivity index (χ0) is 22.7. The van der Waals surface area contributed by atoms with Crippen molar-refractivity contribution in [3.63, 3.8) is 0 Å². The molecule has 1 aliphatic rings. The van der Waals surface area contributed by atoms with Gasteiger partial charge in [-0.15, -0.1) is 0 Å². The van der Waals surface area contributed by atoms with Crippen molar-refractivity contribution < 1.29 is 9.53 Å². The third-order valence-electron chi connectivity index (χ3n) is 5.28. The smallest absolute Gasteiger partial charge is 0.246 e. The summed E-state index contributed by atoms with van der Waals surface area (Å²) in [5, 5.41) is 3.82. The van der Waals surface area contributed by atoms with Gasteiger partial charge in [0.25, 0.3) is 0 Å². The molecule has 2 aromatic carbocycles. The topological polar surface area (TPSA) is 70.6 Å². The maximum absolute atomic E-state index is 12.9. The predicted octanol–water partition coefficient (Wildman–Crippen LogP) is 4.86. The molecule has 1 amide bonds. The van der Waals surface area contributed by atoms with Gasteiger partial charge in [-0.05, 0) is 30.3 Å². The average Bonchev–Trinajstić information content (AvgIpc) is 2.79. The number of anilines is 4. The summed E-state index contributed by atoms with van der Waals surface area (Å²) in [6.45, 7) is 5.64. The van der Waals surface area contributed by atoms with E-state index in [2.05, 4.69) is 10.3 Å². The summed E-state index contributed by atoms with van der Waals surface area (Å²) < 4.78 is 5.22. The highest BCUT2D eigenvalue weighted by molar-refractivity contribution is 6.32. The third-order valence-corrected chi connectivity index (χ3v) is 5.58. The summed E-state index contributed by atoms with van der Waals surface area (Å²) in [4.78, 5) is 26.1. The first-order valence-electron chi connectivity index (χ1n) is 10.5. The van der Waals surface area contributed by atoms with Crippen molar-refractivity contribution in [3.8, 4) is 5.75 Å². The summed E-state index contributed by atoms with van der Waals surface area (Å²) in [5.41, 5.74) is 1.71. The van der Waals surface area contributed by atoms with Gasteiger partial charge in [0.05, 0.1) is 18.7 Å². The van der Waals surface area contributed by atoms with Gasteiger partial charge in [0.15, 0.2) is 0 Å². The molecule has 7 nitrogen and oxygen atoms in total. The number of hydrogen-bond donors (Lipinski definition) is 1. The standard InChI is InChI=1S/C24H26ClN5O2/c1-16(2)24-27-21(26-17-9-10-20(32-3)19(25)13-17)14-22(28-24)29-11-12-30(23(31)15-29)18-7-5-4-6-8-18/h4-10,13-14,16H,11-12,15H2,1-3H3,(H,26,27,28). The van der Waals surface area contributed by atoms with Crippen molar-refractivity contribution in [2.75, 3.05) is 41.9 Å². The quantitative estimate of drug-likeness (QED) is 0.577. The lowest BCUT2D eigenvalue weighted by Crippen LogP contribution is -2.51. The summed E-state index contributed by atoms with van der Waals surface area (Å²) in [6.07, 6.45) is 0. The lowest BCUT2D eigenvalue weighted by atomic mass is 10.2. The maximum atomic E-state index is 12.9. The maximum Gasteiger partial charge on any atom is 0.246 e. The normalized spacial score (nSPS) is 14.1. The highest BCUT2D eigenvalue weighted by Gasteiger charge is 2.26. The second kappa shape index (κ2) is 9.44. The molecule has 2 heterocycles. The fraction of sp³-hybridized carbons (Fsp3) is 0.292. The molecule has 3 aromatic rings. The number of rotatable bonds is 6. The van der Waals surface area contributed by atoms with Crippen LogP contribution in [-0.4, -0.2) is 42.6 Å². The molecule has 0 spiro atoms. The molecule has 1 N–H and O–H groups in total. The summed E-state index contributed by atoms with van der Waals surface area (Å²) in [7, 11) is 1.58. The molecule has 4 rings (SSSR count). The summed E-state index contributed by atoms with van der Waals surface area (Å²) in [5.74, 6) is 2.88. The van der Waals surface area contributed by atoms with Crippen LogP contribution in [0.3, 0.4) is 0 Å². The Balaban J connectivity index is 1.57. The van der Waals surface area contributed by atoms with Crippen LogP contribution in [0.25, 0.3) is 0 Å². The number of carbonyl (C=O) groups excluding carboxylic acids is 1. The lowest BCUT2D eigenvalue weighted by molar-refractivity contribution is -0.117. The van der Waals surface area contributed by atoms with Crippen LogP contribution >= 0.6 is 11.6 Å². The lowest BCUT2D eigenvalue weighted by Gasteiger charge is -2.35. The summed E-state index contributed by atoms with van der Waals surface area (Å²) >= 11 is 6.26. The van der Waals surface area contributed by atoms with Crippen LogP contribution in [0.15, 0.2) is 54.6 Å². The molecular weight excluding hydrogens is 426 g/mol. The van der Waals surface area contributed by atoms with Gasteiger partial charge in [-0.3, -0.25) is 4.79 Å². The third kappa shape index (κ3) is 4.78. The molecule has 0 saturated carbocycles.